The summed E-state index contributed by atoms with van der Waals surface area (Å²) in [5.41, 5.74) is 0.863. The number of nitrogens with one attached hydrogen (secondary N) is 1. The summed E-state index contributed by atoms with van der Waals surface area (Å²) in [4.78, 5) is 24.4. The van der Waals surface area contributed by atoms with Crippen LogP contribution < -0.4 is 14.8 Å². The molecule has 0 spiro atoms. The number of esters is 1. The van der Waals surface area contributed by atoms with Gasteiger partial charge in [-0.2, -0.15) is 0 Å². The fourth-order valence-corrected chi connectivity index (χ4v) is 2.90. The van der Waals surface area contributed by atoms with Crippen LogP contribution in [0.25, 0.3) is 0 Å². The zero-order valence-corrected chi connectivity index (χ0v) is 15.3. The van der Waals surface area contributed by atoms with E-state index in [1.807, 2.05) is 6.07 Å². The maximum atomic E-state index is 12.2. The highest BCUT2D eigenvalue weighted by Crippen LogP contribution is 2.32. The molecule has 1 aliphatic heterocycles. The molecule has 0 bridgehead atoms. The second-order valence-electron chi connectivity index (χ2n) is 5.55. The molecule has 0 radical (unpaired) electrons. The SMILES string of the molecule is C[C@H](OC(=O)c1c(Cl)cccc1Cl)C(=O)NCc1ccc2c(c1)OCO2. The summed E-state index contributed by atoms with van der Waals surface area (Å²) in [6.45, 7) is 1.91. The largest absolute Gasteiger partial charge is 0.454 e. The van der Waals surface area contributed by atoms with Gasteiger partial charge in [0.05, 0.1) is 15.6 Å². The molecule has 1 amide bonds. The third-order valence-corrected chi connectivity index (χ3v) is 4.35. The molecule has 8 heteroatoms. The smallest absolute Gasteiger partial charge is 0.341 e. The molecule has 6 nitrogen and oxygen atoms in total. The van der Waals surface area contributed by atoms with Crippen LogP contribution in [0.3, 0.4) is 0 Å². The number of carbonyl (C=O) groups is 2. The Hall–Kier alpha value is -2.44. The Kier molecular flexibility index (Phi) is 5.54. The van der Waals surface area contributed by atoms with E-state index in [9.17, 15) is 9.59 Å². The highest BCUT2D eigenvalue weighted by molar-refractivity contribution is 6.39. The highest BCUT2D eigenvalue weighted by Gasteiger charge is 2.22. The molecular formula is C18H15Cl2NO5. The van der Waals surface area contributed by atoms with Crippen molar-refractivity contribution in [1.29, 1.82) is 0 Å². The van der Waals surface area contributed by atoms with Crippen LogP contribution in [0, 0.1) is 0 Å². The zero-order chi connectivity index (χ0) is 18.7. The van der Waals surface area contributed by atoms with E-state index >= 15 is 0 Å². The highest BCUT2D eigenvalue weighted by atomic mass is 35.5. The van der Waals surface area contributed by atoms with Crippen molar-refractivity contribution in [1.82, 2.24) is 5.32 Å². The maximum Gasteiger partial charge on any atom is 0.341 e. The summed E-state index contributed by atoms with van der Waals surface area (Å²) in [6, 6.07) is 10.0. The van der Waals surface area contributed by atoms with Gasteiger partial charge in [0.15, 0.2) is 17.6 Å². The number of benzene rings is 2. The molecular weight excluding hydrogens is 381 g/mol. The van der Waals surface area contributed by atoms with E-state index in [1.54, 1.807) is 18.2 Å². The number of rotatable bonds is 5. The Bertz CT molecular complexity index is 835. The van der Waals surface area contributed by atoms with Gasteiger partial charge in [-0.15, -0.1) is 0 Å². The molecule has 0 fully saturated rings. The van der Waals surface area contributed by atoms with Crippen molar-refractivity contribution in [2.75, 3.05) is 6.79 Å². The Labute approximate surface area is 159 Å². The van der Waals surface area contributed by atoms with Gasteiger partial charge in [0.2, 0.25) is 6.79 Å². The Morgan fingerprint density at radius 1 is 1.15 bits per heavy atom. The first kappa shape index (κ1) is 18.4. The molecule has 2 aromatic carbocycles. The van der Waals surface area contributed by atoms with Gasteiger partial charge in [0, 0.05) is 6.54 Å². The van der Waals surface area contributed by atoms with Crippen molar-refractivity contribution >= 4 is 35.1 Å². The van der Waals surface area contributed by atoms with E-state index in [0.29, 0.717) is 11.5 Å². The second-order valence-corrected chi connectivity index (χ2v) is 6.36. The molecule has 1 heterocycles. The molecule has 26 heavy (non-hydrogen) atoms. The fourth-order valence-electron chi connectivity index (χ4n) is 2.35. The third kappa shape index (κ3) is 4.03. The van der Waals surface area contributed by atoms with E-state index in [-0.39, 0.29) is 28.9 Å². The van der Waals surface area contributed by atoms with E-state index in [4.69, 9.17) is 37.4 Å². The van der Waals surface area contributed by atoms with Crippen LogP contribution in [-0.2, 0) is 16.1 Å². The van der Waals surface area contributed by atoms with Crippen LogP contribution in [0.1, 0.15) is 22.8 Å². The van der Waals surface area contributed by atoms with Gasteiger partial charge >= 0.3 is 5.97 Å². The molecule has 1 aliphatic rings. The number of halogens is 2. The molecule has 0 unspecified atom stereocenters. The van der Waals surface area contributed by atoms with Crippen molar-refractivity contribution in [3.05, 3.63) is 57.6 Å². The topological polar surface area (TPSA) is 73.9 Å². The summed E-state index contributed by atoms with van der Waals surface area (Å²) < 4.78 is 15.7. The number of hydrogen-bond acceptors (Lipinski definition) is 5. The zero-order valence-electron chi connectivity index (χ0n) is 13.8. The van der Waals surface area contributed by atoms with Crippen molar-refractivity contribution in [2.45, 2.75) is 19.6 Å². The van der Waals surface area contributed by atoms with E-state index < -0.39 is 18.0 Å². The quantitative estimate of drug-likeness (QED) is 0.783. The minimum atomic E-state index is -1.01. The average Bonchev–Trinajstić information content (AvgIpc) is 3.07. The summed E-state index contributed by atoms with van der Waals surface area (Å²) in [5.74, 6) is 0.0918. The molecule has 0 aromatic heterocycles. The standard InChI is InChI=1S/C18H15Cl2NO5/c1-10(26-18(23)16-12(19)3-2-4-13(16)20)17(22)21-8-11-5-6-14-15(7-11)25-9-24-14/h2-7,10H,8-9H2,1H3,(H,21,22)/t10-/m0/s1. The van der Waals surface area contributed by atoms with E-state index in [0.717, 1.165) is 5.56 Å². The number of hydrogen-bond donors (Lipinski definition) is 1. The molecule has 136 valence electrons. The molecule has 1 N–H and O–H groups in total. The van der Waals surface area contributed by atoms with Gasteiger partial charge in [-0.3, -0.25) is 4.79 Å². The third-order valence-electron chi connectivity index (χ3n) is 3.72. The predicted octanol–water partition coefficient (Wildman–Crippen LogP) is 3.58. The average molecular weight is 396 g/mol. The van der Waals surface area contributed by atoms with Gasteiger partial charge in [0.1, 0.15) is 0 Å². The van der Waals surface area contributed by atoms with Gasteiger partial charge in [-0.25, -0.2) is 4.79 Å². The Morgan fingerprint density at radius 2 is 1.85 bits per heavy atom. The fraction of sp³-hybridized carbons (Fsp3) is 0.222. The van der Waals surface area contributed by atoms with Gasteiger partial charge in [-0.05, 0) is 36.8 Å². The monoisotopic (exact) mass is 395 g/mol. The van der Waals surface area contributed by atoms with Crippen LogP contribution in [0.5, 0.6) is 11.5 Å². The van der Waals surface area contributed by atoms with Gasteiger partial charge < -0.3 is 19.5 Å². The van der Waals surface area contributed by atoms with Gasteiger partial charge in [0.25, 0.3) is 5.91 Å². The predicted molar refractivity (Wildman–Crippen MR) is 95.8 cm³/mol. The van der Waals surface area contributed by atoms with Crippen LogP contribution in [0.2, 0.25) is 10.0 Å². The maximum absolute atomic E-state index is 12.2. The lowest BCUT2D eigenvalue weighted by Crippen LogP contribution is -2.35. The molecule has 0 saturated heterocycles. The number of fused-ring (bicyclic) bond motifs is 1. The van der Waals surface area contributed by atoms with E-state index in [2.05, 4.69) is 5.32 Å². The number of ether oxygens (including phenoxy) is 3. The molecule has 0 aliphatic carbocycles. The molecule has 2 aromatic rings. The molecule has 0 saturated carbocycles. The summed E-state index contributed by atoms with van der Waals surface area (Å²) in [6.07, 6.45) is -1.01. The lowest BCUT2D eigenvalue weighted by molar-refractivity contribution is -0.129. The Balaban J connectivity index is 1.57. The van der Waals surface area contributed by atoms with Gasteiger partial charge in [-0.1, -0.05) is 35.3 Å². The van der Waals surface area contributed by atoms with Crippen LogP contribution in [0.4, 0.5) is 0 Å². The van der Waals surface area contributed by atoms with Crippen LogP contribution >= 0.6 is 23.2 Å². The summed E-state index contributed by atoms with van der Waals surface area (Å²) in [5, 5.41) is 3.02. The lowest BCUT2D eigenvalue weighted by atomic mass is 10.2. The minimum absolute atomic E-state index is 0.0336. The van der Waals surface area contributed by atoms with Crippen molar-refractivity contribution in [2.24, 2.45) is 0 Å². The minimum Gasteiger partial charge on any atom is -0.454 e. The van der Waals surface area contributed by atoms with Crippen molar-refractivity contribution in [3.8, 4) is 11.5 Å². The van der Waals surface area contributed by atoms with Crippen molar-refractivity contribution < 1.29 is 23.8 Å². The number of carbonyl (C=O) groups excluding carboxylic acids is 2. The molecule has 1 atom stereocenters. The van der Waals surface area contributed by atoms with E-state index in [1.165, 1.54) is 19.1 Å². The van der Waals surface area contributed by atoms with Crippen LogP contribution in [-0.4, -0.2) is 24.8 Å². The summed E-state index contributed by atoms with van der Waals surface area (Å²) >= 11 is 11.9. The lowest BCUT2D eigenvalue weighted by Gasteiger charge is -2.14. The van der Waals surface area contributed by atoms with Crippen molar-refractivity contribution in [3.63, 3.8) is 0 Å². The van der Waals surface area contributed by atoms with Crippen LogP contribution in [0.15, 0.2) is 36.4 Å². The second kappa shape index (κ2) is 7.85. The first-order valence-corrected chi connectivity index (χ1v) is 8.52. The number of amides is 1. The first-order chi connectivity index (χ1) is 12.5. The first-order valence-electron chi connectivity index (χ1n) is 7.77. The summed E-state index contributed by atoms with van der Waals surface area (Å²) in [7, 11) is 0. The Morgan fingerprint density at radius 3 is 2.58 bits per heavy atom. The molecule has 3 rings (SSSR count). The normalized spacial score (nSPS) is 13.2.